The maximum atomic E-state index is 11.1. The zero-order valence-electron chi connectivity index (χ0n) is 8.29. The van der Waals surface area contributed by atoms with Gasteiger partial charge in [-0.2, -0.15) is 0 Å². The van der Waals surface area contributed by atoms with Gasteiger partial charge in [0, 0.05) is 4.75 Å². The number of rotatable bonds is 1. The summed E-state index contributed by atoms with van der Waals surface area (Å²) in [5.74, 6) is 2.79. The summed E-state index contributed by atoms with van der Waals surface area (Å²) in [6, 6.07) is 0. The Bertz CT molecular complexity index is 172. The smallest absolute Gasteiger partial charge is 0.799 e. The fourth-order valence-corrected chi connectivity index (χ4v) is 5.04. The Kier molecular flexibility index (Phi) is 2.80. The Balaban J connectivity index is 0.000000653. The van der Waals surface area contributed by atoms with Crippen LogP contribution in [-0.2, 0) is 0 Å². The van der Waals surface area contributed by atoms with Gasteiger partial charge < -0.3 is 4.55 Å². The van der Waals surface area contributed by atoms with E-state index in [2.05, 4.69) is 0 Å². The first-order chi connectivity index (χ1) is 5.80. The van der Waals surface area contributed by atoms with Crippen molar-refractivity contribution >= 4 is 12.0 Å². The molecule has 68 valence electrons. The Morgan fingerprint density at radius 2 is 1.31 bits per heavy atom. The van der Waals surface area contributed by atoms with Gasteiger partial charge in [-0.05, 0) is 56.3 Å². The van der Waals surface area contributed by atoms with E-state index in [1.165, 1.54) is 38.5 Å². The quantitative estimate of drug-likeness (QED) is 0.423. The van der Waals surface area contributed by atoms with E-state index in [9.17, 15) is 4.55 Å². The Labute approximate surface area is 96.4 Å². The largest absolute Gasteiger partial charge is 1.00 e. The number of hydrogen-bond acceptors (Lipinski definition) is 2. The maximum absolute atomic E-state index is 11.1. The van der Waals surface area contributed by atoms with Crippen molar-refractivity contribution in [3.05, 3.63) is 0 Å². The van der Waals surface area contributed by atoms with Crippen molar-refractivity contribution in [3.8, 4) is 0 Å². The summed E-state index contributed by atoms with van der Waals surface area (Å²) in [4.78, 5) is 0. The van der Waals surface area contributed by atoms with Gasteiger partial charge in [0.15, 0.2) is 0 Å². The zero-order chi connectivity index (χ0) is 8.18. The molecule has 0 aromatic heterocycles. The van der Waals surface area contributed by atoms with Crippen molar-refractivity contribution in [2.45, 2.75) is 43.3 Å². The molecule has 0 unspecified atom stereocenters. The van der Waals surface area contributed by atoms with E-state index < -0.39 is 0 Å². The van der Waals surface area contributed by atoms with Crippen molar-refractivity contribution in [3.63, 3.8) is 0 Å². The van der Waals surface area contributed by atoms with Gasteiger partial charge >= 0.3 is 18.9 Å². The third-order valence-electron chi connectivity index (χ3n) is 4.16. The summed E-state index contributed by atoms with van der Waals surface area (Å²) in [5, 5.41) is 0. The molecule has 0 amide bonds. The van der Waals surface area contributed by atoms with Crippen LogP contribution >= 0.6 is 12.0 Å². The fourth-order valence-electron chi connectivity index (χ4n) is 4.13. The normalized spacial score (nSPS) is 51.9. The van der Waals surface area contributed by atoms with E-state index in [1.54, 1.807) is 0 Å². The molecule has 4 rings (SSSR count). The van der Waals surface area contributed by atoms with E-state index in [4.69, 9.17) is 0 Å². The van der Waals surface area contributed by atoms with Crippen molar-refractivity contribution in [2.75, 3.05) is 0 Å². The first-order valence-corrected chi connectivity index (χ1v) is 5.85. The van der Waals surface area contributed by atoms with Gasteiger partial charge in [-0.3, -0.25) is 12.0 Å². The number of hydrogen-bond donors (Lipinski definition) is 0. The molecule has 13 heavy (non-hydrogen) atoms. The second-order valence-electron chi connectivity index (χ2n) is 5.18. The fraction of sp³-hybridized carbons (Fsp3) is 1.00. The van der Waals surface area contributed by atoms with Crippen LogP contribution in [0.5, 0.6) is 0 Å². The van der Waals surface area contributed by atoms with Crippen LogP contribution in [-0.4, -0.2) is 9.30 Å². The second kappa shape index (κ2) is 3.49. The summed E-state index contributed by atoms with van der Waals surface area (Å²) in [6.45, 7) is 0. The van der Waals surface area contributed by atoms with Gasteiger partial charge in [0.25, 0.3) is 0 Å². The van der Waals surface area contributed by atoms with E-state index in [0.717, 1.165) is 29.8 Å². The minimum atomic E-state index is 0. The molecule has 0 spiro atoms. The van der Waals surface area contributed by atoms with E-state index >= 15 is 0 Å². The minimum absolute atomic E-state index is 0. The van der Waals surface area contributed by atoms with Crippen LogP contribution in [0.25, 0.3) is 0 Å². The third kappa shape index (κ3) is 1.61. The molecule has 0 heterocycles. The Hall–Kier alpha value is 0.907. The molecule has 0 atom stereocenters. The minimum Gasteiger partial charge on any atom is -0.799 e. The SMILES string of the molecule is [Li+].[O-]SC12CC3CC(CC(C3)C1)C2. The molecule has 1 nitrogen and oxygen atoms in total. The monoisotopic (exact) mass is 190 g/mol. The van der Waals surface area contributed by atoms with Crippen LogP contribution in [0.2, 0.25) is 0 Å². The summed E-state index contributed by atoms with van der Waals surface area (Å²) in [7, 11) is 0. The van der Waals surface area contributed by atoms with Crippen LogP contribution in [0.1, 0.15) is 38.5 Å². The molecular formula is C10H15LiOS. The zero-order valence-corrected chi connectivity index (χ0v) is 9.11. The molecule has 0 N–H and O–H groups in total. The molecule has 4 saturated carbocycles. The van der Waals surface area contributed by atoms with Crippen molar-refractivity contribution < 1.29 is 23.4 Å². The van der Waals surface area contributed by atoms with Crippen LogP contribution in [0.3, 0.4) is 0 Å². The van der Waals surface area contributed by atoms with Gasteiger partial charge in [-0.25, -0.2) is 0 Å². The Morgan fingerprint density at radius 1 is 0.923 bits per heavy atom. The molecular weight excluding hydrogens is 175 g/mol. The van der Waals surface area contributed by atoms with E-state index in [-0.39, 0.29) is 23.6 Å². The Morgan fingerprint density at radius 3 is 1.62 bits per heavy atom. The van der Waals surface area contributed by atoms with Gasteiger partial charge in [-0.1, -0.05) is 0 Å². The second-order valence-corrected chi connectivity index (χ2v) is 6.22. The average Bonchev–Trinajstić information content (AvgIpc) is 2.02. The molecule has 4 aliphatic carbocycles. The van der Waals surface area contributed by atoms with Gasteiger partial charge in [0.1, 0.15) is 0 Å². The average molecular weight is 190 g/mol. The van der Waals surface area contributed by atoms with Crippen LogP contribution < -0.4 is 18.9 Å². The van der Waals surface area contributed by atoms with Gasteiger partial charge in [-0.15, -0.1) is 0 Å². The summed E-state index contributed by atoms with van der Waals surface area (Å²) in [5.41, 5.74) is 0. The molecule has 4 bridgehead atoms. The van der Waals surface area contributed by atoms with Crippen LogP contribution in [0.4, 0.5) is 0 Å². The van der Waals surface area contributed by atoms with E-state index in [0.29, 0.717) is 0 Å². The molecule has 0 aliphatic heterocycles. The molecule has 0 saturated heterocycles. The molecule has 0 aromatic rings. The van der Waals surface area contributed by atoms with Gasteiger partial charge in [0.05, 0.1) is 0 Å². The summed E-state index contributed by atoms with van der Waals surface area (Å²) in [6.07, 6.45) is 8.06. The molecule has 4 fully saturated rings. The first-order valence-electron chi connectivity index (χ1n) is 5.11. The summed E-state index contributed by atoms with van der Waals surface area (Å²) >= 11 is 0.932. The predicted molar refractivity (Wildman–Crippen MR) is 49.3 cm³/mol. The van der Waals surface area contributed by atoms with Gasteiger partial charge in [0.2, 0.25) is 0 Å². The molecule has 0 radical (unpaired) electrons. The van der Waals surface area contributed by atoms with Crippen molar-refractivity contribution in [2.24, 2.45) is 17.8 Å². The molecule has 4 aliphatic rings. The van der Waals surface area contributed by atoms with Crippen LogP contribution in [0, 0.1) is 17.8 Å². The van der Waals surface area contributed by atoms with Crippen molar-refractivity contribution in [1.82, 2.24) is 0 Å². The van der Waals surface area contributed by atoms with Crippen LogP contribution in [0.15, 0.2) is 0 Å². The maximum Gasteiger partial charge on any atom is 1.00 e. The standard InChI is InChI=1S/C10H16OS.Li/c11-12-10-4-7-1-8(5-10)3-9(2-7)6-10;/h7-9,11H,1-6H2;/q;+1/p-1. The van der Waals surface area contributed by atoms with E-state index in [1.807, 2.05) is 0 Å². The van der Waals surface area contributed by atoms with Crippen molar-refractivity contribution in [1.29, 1.82) is 0 Å². The molecule has 3 heteroatoms. The third-order valence-corrected chi connectivity index (χ3v) is 5.01. The molecule has 0 aromatic carbocycles. The summed E-state index contributed by atoms with van der Waals surface area (Å²) < 4.78 is 11.3. The topological polar surface area (TPSA) is 23.1 Å². The predicted octanol–water partition coefficient (Wildman–Crippen LogP) is -0.177. The first kappa shape index (κ1) is 10.4.